The fourth-order valence-electron chi connectivity index (χ4n) is 2.64. The molecule has 0 N–H and O–H groups in total. The molecule has 0 aliphatic carbocycles. The van der Waals surface area contributed by atoms with Crippen molar-refractivity contribution in [2.75, 3.05) is 37.1 Å². The number of hydrogen-bond donors (Lipinski definition) is 0. The molecular formula is C16H19ClN2O2. The summed E-state index contributed by atoms with van der Waals surface area (Å²) in [6, 6.07) is 6.06. The van der Waals surface area contributed by atoms with Crippen LogP contribution in [-0.2, 0) is 0 Å². The molecule has 0 radical (unpaired) electrons. The molecule has 0 bridgehead atoms. The highest BCUT2D eigenvalue weighted by atomic mass is 35.5. The average Bonchev–Trinajstić information content (AvgIpc) is 2.52. The first-order valence-electron chi connectivity index (χ1n) is 7.32. The van der Waals surface area contributed by atoms with Gasteiger partial charge in [0.25, 0.3) is 0 Å². The topological polar surface area (TPSA) is 34.6 Å². The van der Waals surface area contributed by atoms with Gasteiger partial charge >= 0.3 is 0 Å². The maximum absolute atomic E-state index is 5.93. The second-order valence-corrected chi connectivity index (χ2v) is 5.41. The van der Waals surface area contributed by atoms with E-state index < -0.39 is 0 Å². The van der Waals surface area contributed by atoms with E-state index in [1.165, 1.54) is 0 Å². The highest BCUT2D eigenvalue weighted by molar-refractivity contribution is 6.18. The summed E-state index contributed by atoms with van der Waals surface area (Å²) in [7, 11) is 0. The molecule has 5 heteroatoms. The van der Waals surface area contributed by atoms with Crippen molar-refractivity contribution in [2.24, 2.45) is 0 Å². The van der Waals surface area contributed by atoms with Crippen molar-refractivity contribution in [3.63, 3.8) is 0 Å². The molecule has 0 atom stereocenters. The highest BCUT2D eigenvalue weighted by Crippen LogP contribution is 2.37. The zero-order chi connectivity index (χ0) is 14.7. The van der Waals surface area contributed by atoms with Gasteiger partial charge in [-0.05, 0) is 30.0 Å². The number of pyridine rings is 1. The van der Waals surface area contributed by atoms with Crippen LogP contribution in [0.5, 0.6) is 11.5 Å². The second-order valence-electron chi connectivity index (χ2n) is 5.03. The third kappa shape index (κ3) is 2.86. The second kappa shape index (κ2) is 6.39. The smallest absolute Gasteiger partial charge is 0.162 e. The lowest BCUT2D eigenvalue weighted by Gasteiger charge is -2.25. The van der Waals surface area contributed by atoms with Gasteiger partial charge in [0.2, 0.25) is 0 Å². The first kappa shape index (κ1) is 14.3. The minimum Gasteiger partial charge on any atom is -0.486 e. The fraction of sp³-hybridized carbons (Fsp3) is 0.438. The molecule has 0 saturated carbocycles. The van der Waals surface area contributed by atoms with Gasteiger partial charge in [-0.2, -0.15) is 0 Å². The first-order valence-corrected chi connectivity index (χ1v) is 7.86. The summed E-state index contributed by atoms with van der Waals surface area (Å²) in [5, 5.41) is 2.19. The van der Waals surface area contributed by atoms with Crippen molar-refractivity contribution in [2.45, 2.75) is 13.3 Å². The van der Waals surface area contributed by atoms with Crippen molar-refractivity contribution in [3.05, 3.63) is 24.4 Å². The van der Waals surface area contributed by atoms with Crippen molar-refractivity contribution in [1.82, 2.24) is 4.98 Å². The Labute approximate surface area is 129 Å². The Bertz CT molecular complexity index is 627. The maximum Gasteiger partial charge on any atom is 0.162 e. The van der Waals surface area contributed by atoms with Gasteiger partial charge < -0.3 is 14.4 Å². The van der Waals surface area contributed by atoms with Crippen LogP contribution >= 0.6 is 11.6 Å². The highest BCUT2D eigenvalue weighted by Gasteiger charge is 2.16. The summed E-state index contributed by atoms with van der Waals surface area (Å²) < 4.78 is 11.3. The lowest BCUT2D eigenvalue weighted by Crippen LogP contribution is -2.27. The fourth-order valence-corrected chi connectivity index (χ4v) is 2.85. The van der Waals surface area contributed by atoms with Gasteiger partial charge in [-0.3, -0.25) is 0 Å². The molecule has 1 aromatic carbocycles. The SMILES string of the molecule is CCCN(CCCl)c1nccc2cc3c(cc12)OCCO3. The van der Waals surface area contributed by atoms with E-state index in [-0.39, 0.29) is 0 Å². The third-order valence-corrected chi connectivity index (χ3v) is 3.72. The first-order chi connectivity index (χ1) is 10.3. The summed E-state index contributed by atoms with van der Waals surface area (Å²) in [5.74, 6) is 3.16. The number of anilines is 1. The lowest BCUT2D eigenvalue weighted by atomic mass is 10.1. The number of aromatic nitrogens is 1. The normalized spacial score (nSPS) is 13.4. The van der Waals surface area contributed by atoms with Crippen LogP contribution in [-0.4, -0.2) is 37.2 Å². The van der Waals surface area contributed by atoms with Gasteiger partial charge in [-0.1, -0.05) is 6.92 Å². The van der Waals surface area contributed by atoms with Gasteiger partial charge in [0.15, 0.2) is 11.5 Å². The summed E-state index contributed by atoms with van der Waals surface area (Å²) in [4.78, 5) is 6.79. The molecule has 4 nitrogen and oxygen atoms in total. The molecule has 0 spiro atoms. The number of benzene rings is 1. The van der Waals surface area contributed by atoms with Crippen LogP contribution in [0.4, 0.5) is 5.82 Å². The lowest BCUT2D eigenvalue weighted by molar-refractivity contribution is 0.172. The Balaban J connectivity index is 2.09. The van der Waals surface area contributed by atoms with E-state index in [4.69, 9.17) is 21.1 Å². The molecular weight excluding hydrogens is 288 g/mol. The molecule has 2 aromatic rings. The third-order valence-electron chi connectivity index (χ3n) is 3.55. The summed E-state index contributed by atoms with van der Waals surface area (Å²) in [5.41, 5.74) is 0. The summed E-state index contributed by atoms with van der Waals surface area (Å²) in [6.45, 7) is 5.08. The number of fused-ring (bicyclic) bond motifs is 2. The van der Waals surface area contributed by atoms with Crippen LogP contribution in [0.25, 0.3) is 10.8 Å². The molecule has 0 unspecified atom stereocenters. The van der Waals surface area contributed by atoms with Crippen molar-refractivity contribution in [3.8, 4) is 11.5 Å². The Kier molecular flexibility index (Phi) is 4.34. The number of halogens is 1. The Hall–Kier alpha value is -1.68. The van der Waals surface area contributed by atoms with Crippen LogP contribution in [0.2, 0.25) is 0 Å². The van der Waals surface area contributed by atoms with E-state index in [0.717, 1.165) is 47.6 Å². The zero-order valence-electron chi connectivity index (χ0n) is 12.1. The molecule has 0 saturated heterocycles. The van der Waals surface area contributed by atoms with E-state index in [0.29, 0.717) is 19.1 Å². The average molecular weight is 307 g/mol. The van der Waals surface area contributed by atoms with Crippen LogP contribution in [0.3, 0.4) is 0 Å². The van der Waals surface area contributed by atoms with Gasteiger partial charge in [0, 0.05) is 30.6 Å². The maximum atomic E-state index is 5.93. The number of rotatable bonds is 5. The molecule has 1 aromatic heterocycles. The number of alkyl halides is 1. The van der Waals surface area contributed by atoms with Gasteiger partial charge in [0.05, 0.1) is 0 Å². The largest absolute Gasteiger partial charge is 0.486 e. The van der Waals surface area contributed by atoms with Crippen LogP contribution < -0.4 is 14.4 Å². The zero-order valence-corrected chi connectivity index (χ0v) is 12.9. The number of ether oxygens (including phenoxy) is 2. The van der Waals surface area contributed by atoms with Gasteiger partial charge in [-0.25, -0.2) is 4.98 Å². The molecule has 3 rings (SSSR count). The van der Waals surface area contributed by atoms with Crippen molar-refractivity contribution < 1.29 is 9.47 Å². The summed E-state index contributed by atoms with van der Waals surface area (Å²) >= 11 is 5.93. The molecule has 1 aliphatic heterocycles. The molecule has 0 fully saturated rings. The number of nitrogens with zero attached hydrogens (tertiary/aromatic N) is 2. The predicted molar refractivity (Wildman–Crippen MR) is 86.0 cm³/mol. The number of hydrogen-bond acceptors (Lipinski definition) is 4. The van der Waals surface area contributed by atoms with Crippen LogP contribution in [0.1, 0.15) is 13.3 Å². The molecule has 112 valence electrons. The van der Waals surface area contributed by atoms with E-state index in [1.807, 2.05) is 24.4 Å². The molecule has 21 heavy (non-hydrogen) atoms. The minimum absolute atomic E-state index is 0.586. The van der Waals surface area contributed by atoms with Crippen LogP contribution in [0, 0.1) is 0 Å². The molecule has 2 heterocycles. The van der Waals surface area contributed by atoms with Crippen molar-refractivity contribution in [1.29, 1.82) is 0 Å². The standard InChI is InChI=1S/C16H19ClN2O2/c1-2-6-19(7-4-17)16-13-11-15-14(20-8-9-21-15)10-12(13)3-5-18-16/h3,5,10-11H,2,4,6-9H2,1H3. The van der Waals surface area contributed by atoms with E-state index >= 15 is 0 Å². The molecule has 0 amide bonds. The Morgan fingerprint density at radius 2 is 1.95 bits per heavy atom. The van der Waals surface area contributed by atoms with E-state index in [9.17, 15) is 0 Å². The van der Waals surface area contributed by atoms with Crippen molar-refractivity contribution >= 4 is 28.2 Å². The quantitative estimate of drug-likeness (QED) is 0.792. The van der Waals surface area contributed by atoms with Crippen LogP contribution in [0.15, 0.2) is 24.4 Å². The van der Waals surface area contributed by atoms with E-state index in [2.05, 4.69) is 16.8 Å². The van der Waals surface area contributed by atoms with E-state index in [1.54, 1.807) is 0 Å². The monoisotopic (exact) mass is 306 g/mol. The van der Waals surface area contributed by atoms with Gasteiger partial charge in [0.1, 0.15) is 19.0 Å². The Morgan fingerprint density at radius 3 is 2.67 bits per heavy atom. The van der Waals surface area contributed by atoms with Gasteiger partial charge in [-0.15, -0.1) is 11.6 Å². The minimum atomic E-state index is 0.586. The summed E-state index contributed by atoms with van der Waals surface area (Å²) in [6.07, 6.45) is 2.89. The molecule has 1 aliphatic rings. The Morgan fingerprint density at radius 1 is 1.19 bits per heavy atom. The predicted octanol–water partition coefficient (Wildman–Crippen LogP) is 3.46.